The summed E-state index contributed by atoms with van der Waals surface area (Å²) < 4.78 is 0.678. The zero-order valence-electron chi connectivity index (χ0n) is 21.1. The first-order valence-electron chi connectivity index (χ1n) is 12.1. The second kappa shape index (κ2) is 14.5. The first-order valence-corrected chi connectivity index (χ1v) is 14.4. The van der Waals surface area contributed by atoms with Gasteiger partial charge in [0.1, 0.15) is 16.0 Å². The van der Waals surface area contributed by atoms with Gasteiger partial charge in [-0.3, -0.25) is 0 Å². The number of pyridine rings is 2. The second-order valence-electron chi connectivity index (χ2n) is 8.53. The molecule has 2 aromatic heterocycles. The Kier molecular flexibility index (Phi) is 10.8. The van der Waals surface area contributed by atoms with Gasteiger partial charge in [-0.2, -0.15) is 0 Å². The molecule has 41 heavy (non-hydrogen) atoms. The molecule has 0 radical (unpaired) electrons. The average Bonchev–Trinajstić information content (AvgIpc) is 2.98. The summed E-state index contributed by atoms with van der Waals surface area (Å²) in [5, 5.41) is 1.91. The molecule has 0 aliphatic carbocycles. The molecule has 0 spiro atoms. The molecule has 0 bridgehead atoms. The molecule has 0 fully saturated rings. The molecule has 0 saturated carbocycles. The topological polar surface area (TPSA) is 34.5 Å². The quantitative estimate of drug-likeness (QED) is 0.137. The van der Waals surface area contributed by atoms with Gasteiger partial charge in [0.15, 0.2) is 0 Å². The van der Waals surface area contributed by atoms with Crippen LogP contribution in [-0.2, 0) is 0 Å². The van der Waals surface area contributed by atoms with E-state index in [2.05, 4.69) is 35.6 Å². The van der Waals surface area contributed by atoms with Gasteiger partial charge in [0.25, 0.3) is 12.1 Å². The van der Waals surface area contributed by atoms with E-state index < -0.39 is 12.1 Å². The van der Waals surface area contributed by atoms with Crippen LogP contribution in [0.25, 0.3) is 20.9 Å². The van der Waals surface area contributed by atoms with Crippen molar-refractivity contribution in [1.29, 1.82) is 0 Å². The van der Waals surface area contributed by atoms with Crippen molar-refractivity contribution in [2.24, 2.45) is 0 Å². The Balaban J connectivity index is 0.000000195. The van der Waals surface area contributed by atoms with Gasteiger partial charge >= 0.3 is 0 Å². The summed E-state index contributed by atoms with van der Waals surface area (Å²) in [7, 11) is 0. The first kappa shape index (κ1) is 30.5. The third-order valence-corrected chi connectivity index (χ3v) is 7.70. The Morgan fingerprint density at radius 2 is 0.976 bits per heavy atom. The average molecular weight is 681 g/mol. The second-order valence-corrected chi connectivity index (χ2v) is 11.0. The van der Waals surface area contributed by atoms with Gasteiger partial charge < -0.3 is 9.69 Å². The lowest BCUT2D eigenvalue weighted by atomic mass is 10.0. The largest absolute Gasteiger partial charge is 0.301 e. The van der Waals surface area contributed by atoms with Gasteiger partial charge in [0.2, 0.25) is 0 Å². The molecule has 2 unspecified atom stereocenters. The van der Waals surface area contributed by atoms with Crippen LogP contribution in [0.2, 0.25) is 20.1 Å². The normalized spacial score (nSPS) is 11.8. The van der Waals surface area contributed by atoms with Crippen LogP contribution in [0.4, 0.5) is 0 Å². The SMILES string of the molecule is [C-]#[N+]C(c1cccc(-c2ccccc2)n1)c1c(Cl)cccc1Cl.[C-]#[N+]C(c1cccc(Br)n1)c1c(Cl)cccc1Cl. The molecule has 3 aromatic carbocycles. The molecule has 2 heterocycles. The molecule has 9 heteroatoms. The van der Waals surface area contributed by atoms with Crippen LogP contribution in [0.5, 0.6) is 0 Å². The monoisotopic (exact) mass is 678 g/mol. The fraction of sp³-hybridized carbons (Fsp3) is 0.0625. The lowest BCUT2D eigenvalue weighted by Crippen LogP contribution is -2.02. The minimum Gasteiger partial charge on any atom is -0.301 e. The summed E-state index contributed by atoms with van der Waals surface area (Å²) >= 11 is 28.0. The number of aromatic nitrogens is 2. The lowest BCUT2D eigenvalue weighted by Gasteiger charge is -2.10. The predicted molar refractivity (Wildman–Crippen MR) is 171 cm³/mol. The maximum Gasteiger partial charge on any atom is 0.293 e. The highest BCUT2D eigenvalue weighted by Crippen LogP contribution is 2.37. The zero-order valence-corrected chi connectivity index (χ0v) is 25.8. The fourth-order valence-corrected chi connectivity index (χ4v) is 5.62. The Labute approximate surface area is 267 Å². The number of nitrogens with zero attached hydrogens (tertiary/aromatic N) is 4. The van der Waals surface area contributed by atoms with Crippen LogP contribution in [0.1, 0.15) is 34.6 Å². The summed E-state index contributed by atoms with van der Waals surface area (Å²) in [5.74, 6) is 0. The third-order valence-electron chi connectivity index (χ3n) is 5.94. The van der Waals surface area contributed by atoms with E-state index in [1.165, 1.54) is 0 Å². The minimum absolute atomic E-state index is 0.477. The molecule has 5 aromatic rings. The fourth-order valence-electron chi connectivity index (χ4n) is 4.05. The molecule has 0 amide bonds. The summed E-state index contributed by atoms with van der Waals surface area (Å²) in [6.07, 6.45) is 0. The van der Waals surface area contributed by atoms with Gasteiger partial charge in [-0.15, -0.1) is 0 Å². The van der Waals surface area contributed by atoms with Crippen molar-refractivity contribution in [2.75, 3.05) is 0 Å². The Morgan fingerprint density at radius 1 is 0.537 bits per heavy atom. The van der Waals surface area contributed by atoms with Gasteiger partial charge in [0.05, 0.1) is 36.9 Å². The number of halogens is 5. The van der Waals surface area contributed by atoms with Crippen molar-refractivity contribution in [3.8, 4) is 11.3 Å². The smallest absolute Gasteiger partial charge is 0.293 e. The van der Waals surface area contributed by atoms with E-state index in [1.807, 2.05) is 54.6 Å². The number of benzene rings is 3. The number of hydrogen-bond acceptors (Lipinski definition) is 2. The summed E-state index contributed by atoms with van der Waals surface area (Å²) in [4.78, 5) is 16.2. The molecular formula is C32H19BrCl4N4. The number of rotatable bonds is 5. The summed E-state index contributed by atoms with van der Waals surface area (Å²) in [6.45, 7) is 14.9. The van der Waals surface area contributed by atoms with Crippen LogP contribution < -0.4 is 0 Å². The number of hydrogen-bond donors (Lipinski definition) is 0. The molecule has 0 aliphatic heterocycles. The molecular weight excluding hydrogens is 662 g/mol. The van der Waals surface area contributed by atoms with Crippen molar-refractivity contribution >= 4 is 62.3 Å². The van der Waals surface area contributed by atoms with Crippen molar-refractivity contribution in [2.45, 2.75) is 12.1 Å². The Hall–Kier alpha value is -3.42. The lowest BCUT2D eigenvalue weighted by molar-refractivity contribution is 0.941. The van der Waals surface area contributed by atoms with Crippen molar-refractivity contribution in [3.05, 3.63) is 173 Å². The highest BCUT2D eigenvalue weighted by atomic mass is 79.9. The summed E-state index contributed by atoms with van der Waals surface area (Å²) in [5.41, 5.74) is 4.28. The van der Waals surface area contributed by atoms with Crippen molar-refractivity contribution < 1.29 is 0 Å². The van der Waals surface area contributed by atoms with E-state index in [0.29, 0.717) is 47.2 Å². The van der Waals surface area contributed by atoms with Crippen LogP contribution in [0.15, 0.2) is 108 Å². The molecule has 0 saturated heterocycles. The van der Waals surface area contributed by atoms with Crippen LogP contribution in [0.3, 0.4) is 0 Å². The van der Waals surface area contributed by atoms with Crippen LogP contribution in [-0.4, -0.2) is 9.97 Å². The van der Waals surface area contributed by atoms with E-state index in [0.717, 1.165) is 11.3 Å². The molecule has 202 valence electrons. The van der Waals surface area contributed by atoms with Gasteiger partial charge in [-0.25, -0.2) is 23.1 Å². The molecule has 0 aliphatic rings. The highest BCUT2D eigenvalue weighted by Gasteiger charge is 2.27. The van der Waals surface area contributed by atoms with E-state index in [1.54, 1.807) is 48.5 Å². The zero-order chi connectivity index (χ0) is 29.4. The highest BCUT2D eigenvalue weighted by molar-refractivity contribution is 9.10. The molecule has 0 N–H and O–H groups in total. The maximum atomic E-state index is 7.57. The van der Waals surface area contributed by atoms with E-state index in [-0.39, 0.29) is 0 Å². The maximum absolute atomic E-state index is 7.57. The van der Waals surface area contributed by atoms with Crippen molar-refractivity contribution in [1.82, 2.24) is 9.97 Å². The Bertz CT molecular complexity index is 1710. The van der Waals surface area contributed by atoms with Crippen LogP contribution in [0, 0.1) is 13.1 Å². The molecule has 5 rings (SSSR count). The minimum atomic E-state index is -0.625. The summed E-state index contributed by atoms with van der Waals surface area (Å²) in [6, 6.07) is 30.1. The Morgan fingerprint density at radius 3 is 1.44 bits per heavy atom. The third kappa shape index (κ3) is 7.46. The van der Waals surface area contributed by atoms with Crippen LogP contribution >= 0.6 is 62.3 Å². The first-order chi connectivity index (χ1) is 19.8. The van der Waals surface area contributed by atoms with Crippen molar-refractivity contribution in [3.63, 3.8) is 0 Å². The van der Waals surface area contributed by atoms with Gasteiger partial charge in [0, 0.05) is 5.56 Å². The van der Waals surface area contributed by atoms with E-state index in [4.69, 9.17) is 59.5 Å². The van der Waals surface area contributed by atoms with E-state index >= 15 is 0 Å². The van der Waals surface area contributed by atoms with Gasteiger partial charge in [-0.1, -0.05) is 101 Å². The standard InChI is InChI=1S/C19H12Cl2N2.C13H7BrCl2N2/c1-22-19(18-14(20)9-5-10-15(18)21)17-12-6-11-16(23-17)13-7-3-2-4-8-13;1-17-13(10-6-3-7-11(14)18-10)12-8(15)4-2-5-9(12)16/h2-12,19H;2-7,13H. The molecule has 2 atom stereocenters. The predicted octanol–water partition coefficient (Wildman–Crippen LogP) is 11.2. The van der Waals surface area contributed by atoms with Gasteiger partial charge in [-0.05, 0) is 64.5 Å². The molecule has 4 nitrogen and oxygen atoms in total. The van der Waals surface area contributed by atoms with E-state index in [9.17, 15) is 0 Å².